The topological polar surface area (TPSA) is 25.8 Å². The summed E-state index contributed by atoms with van der Waals surface area (Å²) >= 11 is 3.64. The highest BCUT2D eigenvalue weighted by atomic mass is 32.1. The van der Waals surface area contributed by atoms with Crippen molar-refractivity contribution in [3.05, 3.63) is 122 Å². The molecular weight excluding hydrogens is 501 g/mol. The van der Waals surface area contributed by atoms with Crippen molar-refractivity contribution in [1.29, 1.82) is 0 Å². The van der Waals surface area contributed by atoms with Crippen LogP contribution < -0.4 is 0 Å². The van der Waals surface area contributed by atoms with Crippen LogP contribution in [0.4, 0.5) is 0 Å². The number of rotatable bonds is 3. The Labute approximate surface area is 227 Å². The normalized spacial score (nSPS) is 11.7. The standard InChI is InChI=1S/C34H20N2S2/c1-2-8-21(9-3-1)22-16-17-30-28(19-22)32-34(38-30)31(35-20-36-32)24-11-6-10-23(18-24)25-13-7-14-27-26-12-4-5-15-29(26)37-33(25)27/h1-20H. The second-order valence-electron chi connectivity index (χ2n) is 9.44. The van der Waals surface area contributed by atoms with Crippen LogP contribution in [0.3, 0.4) is 0 Å². The summed E-state index contributed by atoms with van der Waals surface area (Å²) in [7, 11) is 0. The molecule has 4 heteroatoms. The molecule has 0 amide bonds. The maximum absolute atomic E-state index is 4.79. The number of hydrogen-bond acceptors (Lipinski definition) is 4. The summed E-state index contributed by atoms with van der Waals surface area (Å²) in [4.78, 5) is 9.52. The van der Waals surface area contributed by atoms with Crippen LogP contribution in [0.25, 0.3) is 74.0 Å². The van der Waals surface area contributed by atoms with Crippen molar-refractivity contribution in [2.24, 2.45) is 0 Å². The Bertz CT molecular complexity index is 2140. The second kappa shape index (κ2) is 8.59. The molecule has 8 rings (SSSR count). The Balaban J connectivity index is 1.29. The Morgan fingerprint density at radius 1 is 0.447 bits per heavy atom. The van der Waals surface area contributed by atoms with Crippen LogP contribution in [-0.4, -0.2) is 9.97 Å². The van der Waals surface area contributed by atoms with Gasteiger partial charge < -0.3 is 0 Å². The van der Waals surface area contributed by atoms with Crippen molar-refractivity contribution in [1.82, 2.24) is 9.97 Å². The largest absolute Gasteiger partial charge is 0.235 e. The van der Waals surface area contributed by atoms with E-state index in [0.29, 0.717) is 0 Å². The van der Waals surface area contributed by atoms with Crippen molar-refractivity contribution < 1.29 is 0 Å². The summed E-state index contributed by atoms with van der Waals surface area (Å²) in [6.07, 6.45) is 1.71. The molecule has 0 spiro atoms. The van der Waals surface area contributed by atoms with Gasteiger partial charge in [0.1, 0.15) is 6.33 Å². The van der Waals surface area contributed by atoms with Crippen LogP contribution in [-0.2, 0) is 0 Å². The molecule has 0 fully saturated rings. The fourth-order valence-electron chi connectivity index (χ4n) is 5.40. The molecule has 0 bridgehead atoms. The van der Waals surface area contributed by atoms with Gasteiger partial charge in [0.05, 0.1) is 15.9 Å². The molecule has 0 saturated carbocycles. The Kier molecular flexibility index (Phi) is 4.90. The molecule has 0 aliphatic carbocycles. The van der Waals surface area contributed by atoms with Gasteiger partial charge in [-0.2, -0.15) is 0 Å². The number of benzene rings is 5. The maximum atomic E-state index is 4.79. The maximum Gasteiger partial charge on any atom is 0.116 e. The van der Waals surface area contributed by atoms with Crippen LogP contribution in [0.15, 0.2) is 122 Å². The number of thiophene rings is 2. The van der Waals surface area contributed by atoms with Crippen LogP contribution in [0.1, 0.15) is 0 Å². The molecule has 3 aromatic heterocycles. The fourth-order valence-corrected chi connectivity index (χ4v) is 7.79. The highest BCUT2D eigenvalue weighted by Gasteiger charge is 2.15. The molecule has 38 heavy (non-hydrogen) atoms. The highest BCUT2D eigenvalue weighted by molar-refractivity contribution is 7.26. The SMILES string of the molecule is c1ccc(-c2ccc3sc4c(-c5cccc(-c6cccc7c6sc6ccccc67)c5)ncnc4c3c2)cc1. The zero-order valence-corrected chi connectivity index (χ0v) is 21.9. The van der Waals surface area contributed by atoms with Crippen molar-refractivity contribution in [2.75, 3.05) is 0 Å². The van der Waals surface area contributed by atoms with Gasteiger partial charge in [0.25, 0.3) is 0 Å². The van der Waals surface area contributed by atoms with Gasteiger partial charge in [-0.05, 0) is 46.5 Å². The van der Waals surface area contributed by atoms with E-state index in [-0.39, 0.29) is 0 Å². The minimum Gasteiger partial charge on any atom is -0.235 e. The molecule has 0 aliphatic rings. The summed E-state index contributed by atoms with van der Waals surface area (Å²) in [6, 6.07) is 41.3. The minimum atomic E-state index is 0.989. The van der Waals surface area contributed by atoms with E-state index in [1.165, 1.54) is 52.5 Å². The lowest BCUT2D eigenvalue weighted by molar-refractivity contribution is 1.24. The predicted molar refractivity (Wildman–Crippen MR) is 164 cm³/mol. The molecule has 0 radical (unpaired) electrons. The lowest BCUT2D eigenvalue weighted by Crippen LogP contribution is -1.87. The van der Waals surface area contributed by atoms with E-state index in [1.54, 1.807) is 17.7 Å². The smallest absolute Gasteiger partial charge is 0.116 e. The van der Waals surface area contributed by atoms with Gasteiger partial charge in [0.2, 0.25) is 0 Å². The second-order valence-corrected chi connectivity index (χ2v) is 11.5. The molecule has 0 N–H and O–H groups in total. The van der Waals surface area contributed by atoms with E-state index >= 15 is 0 Å². The van der Waals surface area contributed by atoms with Gasteiger partial charge in [-0.15, -0.1) is 22.7 Å². The first-order valence-electron chi connectivity index (χ1n) is 12.6. The average molecular weight is 521 g/mol. The molecule has 0 unspecified atom stereocenters. The van der Waals surface area contributed by atoms with Crippen LogP contribution in [0.2, 0.25) is 0 Å². The molecular formula is C34H20N2S2. The predicted octanol–water partition coefficient (Wildman–Crippen LogP) is 10.2. The zero-order chi connectivity index (χ0) is 25.1. The molecule has 5 aromatic carbocycles. The third kappa shape index (κ3) is 3.38. The van der Waals surface area contributed by atoms with Crippen molar-refractivity contribution in [2.45, 2.75) is 0 Å². The van der Waals surface area contributed by atoms with E-state index in [4.69, 9.17) is 9.97 Å². The average Bonchev–Trinajstić information content (AvgIpc) is 3.56. The number of fused-ring (bicyclic) bond motifs is 6. The van der Waals surface area contributed by atoms with Gasteiger partial charge in [0, 0.05) is 35.8 Å². The Morgan fingerprint density at radius 3 is 2.13 bits per heavy atom. The van der Waals surface area contributed by atoms with E-state index < -0.39 is 0 Å². The first kappa shape index (κ1) is 21.7. The van der Waals surface area contributed by atoms with E-state index in [1.807, 2.05) is 11.3 Å². The van der Waals surface area contributed by atoms with Crippen LogP contribution >= 0.6 is 22.7 Å². The summed E-state index contributed by atoms with van der Waals surface area (Å²) in [5.41, 5.74) is 8.01. The van der Waals surface area contributed by atoms with Gasteiger partial charge in [0.15, 0.2) is 0 Å². The number of aromatic nitrogens is 2. The molecule has 3 heterocycles. The van der Waals surface area contributed by atoms with Crippen LogP contribution in [0.5, 0.6) is 0 Å². The quantitative estimate of drug-likeness (QED) is 0.232. The Hall–Kier alpha value is -4.38. The fraction of sp³-hybridized carbons (Fsp3) is 0. The molecule has 0 saturated heterocycles. The summed E-state index contributed by atoms with van der Waals surface area (Å²) in [6.45, 7) is 0. The molecule has 178 valence electrons. The zero-order valence-electron chi connectivity index (χ0n) is 20.3. The third-order valence-corrected chi connectivity index (χ3v) is 9.60. The molecule has 2 nitrogen and oxygen atoms in total. The summed E-state index contributed by atoms with van der Waals surface area (Å²) < 4.78 is 5.01. The van der Waals surface area contributed by atoms with E-state index in [2.05, 4.69) is 115 Å². The Morgan fingerprint density at radius 2 is 1.18 bits per heavy atom. The van der Waals surface area contributed by atoms with Gasteiger partial charge in [-0.1, -0.05) is 91.0 Å². The van der Waals surface area contributed by atoms with Gasteiger partial charge in [-0.3, -0.25) is 0 Å². The lowest BCUT2D eigenvalue weighted by atomic mass is 9.99. The molecule has 0 aliphatic heterocycles. The lowest BCUT2D eigenvalue weighted by Gasteiger charge is -2.07. The van der Waals surface area contributed by atoms with Gasteiger partial charge >= 0.3 is 0 Å². The van der Waals surface area contributed by atoms with Crippen molar-refractivity contribution in [3.63, 3.8) is 0 Å². The van der Waals surface area contributed by atoms with Crippen molar-refractivity contribution in [3.8, 4) is 33.5 Å². The number of hydrogen-bond donors (Lipinski definition) is 0. The monoisotopic (exact) mass is 520 g/mol. The van der Waals surface area contributed by atoms with E-state index in [9.17, 15) is 0 Å². The summed E-state index contributed by atoms with van der Waals surface area (Å²) in [5, 5.41) is 3.82. The van der Waals surface area contributed by atoms with Crippen molar-refractivity contribution >= 4 is 63.1 Å². The van der Waals surface area contributed by atoms with E-state index in [0.717, 1.165) is 21.5 Å². The van der Waals surface area contributed by atoms with Gasteiger partial charge in [-0.25, -0.2) is 9.97 Å². The van der Waals surface area contributed by atoms with Crippen LogP contribution in [0, 0.1) is 0 Å². The first-order chi connectivity index (χ1) is 18.8. The molecule has 0 atom stereocenters. The molecule has 8 aromatic rings. The summed E-state index contributed by atoms with van der Waals surface area (Å²) in [5.74, 6) is 0. The third-order valence-electron chi connectivity index (χ3n) is 7.21. The minimum absolute atomic E-state index is 0.989. The highest BCUT2D eigenvalue weighted by Crippen LogP contribution is 2.42. The number of nitrogens with zero attached hydrogens (tertiary/aromatic N) is 2. The first-order valence-corrected chi connectivity index (χ1v) is 14.2.